The third-order valence-corrected chi connectivity index (χ3v) is 2.71. The topological polar surface area (TPSA) is 32.9 Å². The van der Waals surface area contributed by atoms with E-state index in [1.165, 1.54) is 11.3 Å². The third-order valence-electron chi connectivity index (χ3n) is 2.71. The number of H-pyrrole nitrogens is 1. The molecule has 0 radical (unpaired) electrons. The maximum atomic E-state index is 11.2. The molecule has 72 valence electrons. The number of aromatic amines is 1. The van der Waals surface area contributed by atoms with E-state index in [0.29, 0.717) is 0 Å². The quantitative estimate of drug-likeness (QED) is 0.684. The molecule has 0 saturated carbocycles. The Balaban J connectivity index is 2.76. The monoisotopic (exact) mass is 187 g/mol. The normalized spacial score (nSPS) is 10.8. The molecule has 2 heteroatoms. The van der Waals surface area contributed by atoms with Gasteiger partial charge in [-0.15, -0.1) is 0 Å². The van der Waals surface area contributed by atoms with Crippen LogP contribution in [-0.4, -0.2) is 10.8 Å². The summed E-state index contributed by atoms with van der Waals surface area (Å²) in [6.45, 7) is 5.71. The zero-order chi connectivity index (χ0) is 10.3. The van der Waals surface area contributed by atoms with Gasteiger partial charge in [-0.1, -0.05) is 0 Å². The molecule has 0 aliphatic carbocycles. The Hall–Kier alpha value is -1.57. The summed E-state index contributed by atoms with van der Waals surface area (Å²) in [5, 5.41) is 1.15. The molecule has 2 rings (SSSR count). The fourth-order valence-corrected chi connectivity index (χ4v) is 1.68. The summed E-state index contributed by atoms with van der Waals surface area (Å²) in [4.78, 5) is 14.5. The second-order valence-electron chi connectivity index (χ2n) is 3.69. The van der Waals surface area contributed by atoms with E-state index in [1.54, 1.807) is 6.92 Å². The van der Waals surface area contributed by atoms with Gasteiger partial charge >= 0.3 is 0 Å². The van der Waals surface area contributed by atoms with Crippen LogP contribution in [0.3, 0.4) is 0 Å². The Kier molecular flexibility index (Phi) is 1.92. The van der Waals surface area contributed by atoms with Crippen LogP contribution in [0.2, 0.25) is 0 Å². The van der Waals surface area contributed by atoms with E-state index in [9.17, 15) is 4.79 Å². The van der Waals surface area contributed by atoms with Crippen LogP contribution in [0.5, 0.6) is 0 Å². The molecule has 0 unspecified atom stereocenters. The second-order valence-corrected chi connectivity index (χ2v) is 3.69. The van der Waals surface area contributed by atoms with Gasteiger partial charge in [-0.2, -0.15) is 0 Å². The molecule has 0 atom stereocenters. The van der Waals surface area contributed by atoms with E-state index < -0.39 is 0 Å². The van der Waals surface area contributed by atoms with Gasteiger partial charge in [0, 0.05) is 22.2 Å². The zero-order valence-electron chi connectivity index (χ0n) is 8.64. The molecule has 1 aromatic heterocycles. The minimum Gasteiger partial charge on any atom is -0.358 e. The number of nitrogens with one attached hydrogen (secondary N) is 1. The van der Waals surface area contributed by atoms with Crippen molar-refractivity contribution < 1.29 is 4.79 Å². The van der Waals surface area contributed by atoms with E-state index >= 15 is 0 Å². The summed E-state index contributed by atoms with van der Waals surface area (Å²) in [6, 6.07) is 5.78. The van der Waals surface area contributed by atoms with Gasteiger partial charge < -0.3 is 4.98 Å². The Morgan fingerprint density at radius 1 is 1.29 bits per heavy atom. The number of hydrogen-bond donors (Lipinski definition) is 1. The van der Waals surface area contributed by atoms with Crippen molar-refractivity contribution in [3.63, 3.8) is 0 Å². The first-order valence-electron chi connectivity index (χ1n) is 4.69. The number of fused-ring (bicyclic) bond motifs is 1. The van der Waals surface area contributed by atoms with E-state index in [2.05, 4.69) is 11.9 Å². The van der Waals surface area contributed by atoms with Crippen LogP contribution in [0.25, 0.3) is 10.9 Å². The molecule has 0 aliphatic heterocycles. The summed E-state index contributed by atoms with van der Waals surface area (Å²) in [7, 11) is 0. The molecule has 0 fully saturated rings. The maximum absolute atomic E-state index is 11.2. The van der Waals surface area contributed by atoms with Gasteiger partial charge in [0.15, 0.2) is 5.78 Å². The van der Waals surface area contributed by atoms with Crippen molar-refractivity contribution >= 4 is 16.7 Å². The molecular weight excluding hydrogens is 174 g/mol. The van der Waals surface area contributed by atoms with Crippen LogP contribution >= 0.6 is 0 Å². The number of carbonyl (C=O) groups is 1. The van der Waals surface area contributed by atoms with Crippen molar-refractivity contribution in [1.29, 1.82) is 0 Å². The summed E-state index contributed by atoms with van der Waals surface area (Å²) in [5.74, 6) is 0.116. The number of aryl methyl sites for hydroxylation is 2. The van der Waals surface area contributed by atoms with Crippen LogP contribution in [0.1, 0.15) is 28.5 Å². The van der Waals surface area contributed by atoms with Crippen LogP contribution in [0, 0.1) is 13.8 Å². The predicted molar refractivity (Wildman–Crippen MR) is 57.8 cm³/mol. The fourth-order valence-electron chi connectivity index (χ4n) is 1.68. The van der Waals surface area contributed by atoms with Gasteiger partial charge in [0.1, 0.15) is 0 Å². The van der Waals surface area contributed by atoms with E-state index in [1.807, 2.05) is 25.1 Å². The average Bonchev–Trinajstić information content (AvgIpc) is 2.43. The zero-order valence-corrected chi connectivity index (χ0v) is 8.64. The molecule has 1 aromatic carbocycles. The Morgan fingerprint density at radius 2 is 2.00 bits per heavy atom. The third kappa shape index (κ3) is 1.23. The Bertz CT molecular complexity index is 508. The van der Waals surface area contributed by atoms with Gasteiger partial charge in [0.25, 0.3) is 0 Å². The highest BCUT2D eigenvalue weighted by Crippen LogP contribution is 2.22. The van der Waals surface area contributed by atoms with Crippen LogP contribution in [-0.2, 0) is 0 Å². The lowest BCUT2D eigenvalue weighted by Gasteiger charge is -1.96. The number of carbonyl (C=O) groups excluding carboxylic acids is 1. The SMILES string of the molecule is CC(=O)c1ccc2[nH]c(C)c(C)c2c1. The first kappa shape index (κ1) is 9.00. The van der Waals surface area contributed by atoms with Crippen molar-refractivity contribution in [3.05, 3.63) is 35.0 Å². The first-order valence-corrected chi connectivity index (χ1v) is 4.69. The second kappa shape index (κ2) is 2.98. The first-order chi connectivity index (χ1) is 6.59. The van der Waals surface area contributed by atoms with Crippen LogP contribution < -0.4 is 0 Å². The molecule has 0 aliphatic rings. The number of ketones is 1. The lowest BCUT2D eigenvalue weighted by molar-refractivity contribution is 0.101. The number of benzene rings is 1. The van der Waals surface area contributed by atoms with Crippen LogP contribution in [0.15, 0.2) is 18.2 Å². The van der Waals surface area contributed by atoms with Crippen molar-refractivity contribution in [1.82, 2.24) is 4.98 Å². The van der Waals surface area contributed by atoms with Gasteiger partial charge in [0.2, 0.25) is 0 Å². The summed E-state index contributed by atoms with van der Waals surface area (Å²) in [5.41, 5.74) is 4.27. The Morgan fingerprint density at radius 3 is 2.64 bits per heavy atom. The molecule has 0 spiro atoms. The lowest BCUT2D eigenvalue weighted by Crippen LogP contribution is -1.90. The average molecular weight is 187 g/mol. The minimum atomic E-state index is 0.116. The molecule has 14 heavy (non-hydrogen) atoms. The highest BCUT2D eigenvalue weighted by atomic mass is 16.1. The highest BCUT2D eigenvalue weighted by Gasteiger charge is 2.06. The standard InChI is InChI=1S/C12H13NO/c1-7-8(2)13-12-5-4-10(9(3)14)6-11(7)12/h4-6,13H,1-3H3. The predicted octanol–water partition coefficient (Wildman–Crippen LogP) is 2.99. The Labute approximate surface area is 82.9 Å². The molecule has 0 amide bonds. The van der Waals surface area contributed by atoms with Crippen molar-refractivity contribution in [2.45, 2.75) is 20.8 Å². The lowest BCUT2D eigenvalue weighted by atomic mass is 10.1. The molecule has 2 aromatic rings. The van der Waals surface area contributed by atoms with E-state index in [-0.39, 0.29) is 5.78 Å². The molecule has 1 N–H and O–H groups in total. The maximum Gasteiger partial charge on any atom is 0.159 e. The number of aromatic nitrogens is 1. The summed E-state index contributed by atoms with van der Waals surface area (Å²) >= 11 is 0. The molecule has 2 nitrogen and oxygen atoms in total. The largest absolute Gasteiger partial charge is 0.358 e. The van der Waals surface area contributed by atoms with Crippen molar-refractivity contribution in [2.24, 2.45) is 0 Å². The van der Waals surface area contributed by atoms with E-state index in [0.717, 1.165) is 16.5 Å². The van der Waals surface area contributed by atoms with E-state index in [4.69, 9.17) is 0 Å². The smallest absolute Gasteiger partial charge is 0.159 e. The van der Waals surface area contributed by atoms with Gasteiger partial charge in [-0.3, -0.25) is 4.79 Å². The summed E-state index contributed by atoms with van der Waals surface area (Å²) < 4.78 is 0. The fraction of sp³-hybridized carbons (Fsp3) is 0.250. The van der Waals surface area contributed by atoms with Crippen molar-refractivity contribution in [2.75, 3.05) is 0 Å². The van der Waals surface area contributed by atoms with Crippen LogP contribution in [0.4, 0.5) is 0 Å². The van der Waals surface area contributed by atoms with Gasteiger partial charge in [-0.05, 0) is 44.5 Å². The molecular formula is C12H13NO. The summed E-state index contributed by atoms with van der Waals surface area (Å²) in [6.07, 6.45) is 0. The highest BCUT2D eigenvalue weighted by molar-refractivity contribution is 5.98. The van der Waals surface area contributed by atoms with Crippen molar-refractivity contribution in [3.8, 4) is 0 Å². The molecule has 0 saturated heterocycles. The molecule has 1 heterocycles. The number of rotatable bonds is 1. The number of hydrogen-bond acceptors (Lipinski definition) is 1. The van der Waals surface area contributed by atoms with Gasteiger partial charge in [0.05, 0.1) is 0 Å². The number of Topliss-reactive ketones (excluding diaryl/α,β-unsaturated/α-hetero) is 1. The minimum absolute atomic E-state index is 0.116. The van der Waals surface area contributed by atoms with Gasteiger partial charge in [-0.25, -0.2) is 0 Å². The molecule has 0 bridgehead atoms.